The van der Waals surface area contributed by atoms with Crippen LogP contribution in [-0.2, 0) is 21.2 Å². The SMILES string of the molecule is CC1=C(c2ccc(Cl)cc2)S(=O)(=O)NC1=NCC(=O)N[C@@H]1CCCc2ccccc21. The molecule has 0 saturated carbocycles. The second kappa shape index (κ2) is 8.24. The Morgan fingerprint density at radius 1 is 1.20 bits per heavy atom. The fraction of sp³-hybridized carbons (Fsp3) is 0.273. The molecule has 0 unspecified atom stereocenters. The molecule has 2 aromatic rings. The van der Waals surface area contributed by atoms with Crippen LogP contribution in [0, 0.1) is 0 Å². The van der Waals surface area contributed by atoms with Gasteiger partial charge in [-0.05, 0) is 55.0 Å². The molecule has 1 aliphatic carbocycles. The van der Waals surface area contributed by atoms with Crippen molar-refractivity contribution < 1.29 is 13.2 Å². The molecule has 0 saturated heterocycles. The molecule has 2 N–H and O–H groups in total. The van der Waals surface area contributed by atoms with Gasteiger partial charge in [-0.25, -0.2) is 8.42 Å². The number of hydrogen-bond acceptors (Lipinski definition) is 4. The summed E-state index contributed by atoms with van der Waals surface area (Å²) in [6, 6.07) is 14.7. The largest absolute Gasteiger partial charge is 0.348 e. The minimum absolute atomic E-state index is 0.0378. The monoisotopic (exact) mass is 443 g/mol. The maximum Gasteiger partial charge on any atom is 0.264 e. The summed E-state index contributed by atoms with van der Waals surface area (Å²) < 4.78 is 27.6. The van der Waals surface area contributed by atoms with Gasteiger partial charge in [-0.3, -0.25) is 14.5 Å². The van der Waals surface area contributed by atoms with Crippen molar-refractivity contribution in [3.8, 4) is 0 Å². The van der Waals surface area contributed by atoms with Gasteiger partial charge in [-0.2, -0.15) is 0 Å². The van der Waals surface area contributed by atoms with Crippen molar-refractivity contribution in [2.24, 2.45) is 4.99 Å². The predicted octanol–water partition coefficient (Wildman–Crippen LogP) is 3.60. The first kappa shape index (κ1) is 20.6. The number of amidine groups is 1. The number of amides is 1. The number of benzene rings is 2. The normalized spacial score (nSPS) is 21.3. The van der Waals surface area contributed by atoms with Crippen LogP contribution in [0.2, 0.25) is 5.02 Å². The zero-order valence-electron chi connectivity index (χ0n) is 16.5. The van der Waals surface area contributed by atoms with Crippen molar-refractivity contribution in [3.63, 3.8) is 0 Å². The summed E-state index contributed by atoms with van der Waals surface area (Å²) in [5, 5.41) is 3.55. The number of sulfonamides is 1. The topological polar surface area (TPSA) is 87.6 Å². The molecule has 156 valence electrons. The maximum absolute atomic E-state index is 12.6. The number of carbonyl (C=O) groups is 1. The Morgan fingerprint density at radius 2 is 1.93 bits per heavy atom. The first-order chi connectivity index (χ1) is 14.3. The predicted molar refractivity (Wildman–Crippen MR) is 119 cm³/mol. The molecule has 0 bridgehead atoms. The highest BCUT2D eigenvalue weighted by atomic mass is 35.5. The van der Waals surface area contributed by atoms with Gasteiger partial charge < -0.3 is 5.32 Å². The third-order valence-corrected chi connectivity index (χ3v) is 7.18. The Hall–Kier alpha value is -2.64. The maximum atomic E-state index is 12.6. The van der Waals surface area contributed by atoms with Gasteiger partial charge in [0, 0.05) is 10.6 Å². The van der Waals surface area contributed by atoms with Gasteiger partial charge in [0.05, 0.1) is 6.04 Å². The first-order valence-corrected chi connectivity index (χ1v) is 11.6. The second-order valence-electron chi connectivity index (χ2n) is 7.44. The number of nitrogens with zero attached hydrogens (tertiary/aromatic N) is 1. The van der Waals surface area contributed by atoms with E-state index in [1.807, 2.05) is 18.2 Å². The van der Waals surface area contributed by atoms with Crippen molar-refractivity contribution in [3.05, 3.63) is 75.8 Å². The van der Waals surface area contributed by atoms with E-state index < -0.39 is 10.0 Å². The molecule has 6 nitrogen and oxygen atoms in total. The molecule has 1 atom stereocenters. The van der Waals surface area contributed by atoms with Crippen LogP contribution in [0.15, 0.2) is 59.1 Å². The van der Waals surface area contributed by atoms with Gasteiger partial charge in [0.15, 0.2) is 0 Å². The van der Waals surface area contributed by atoms with E-state index in [-0.39, 0.29) is 29.2 Å². The highest BCUT2D eigenvalue weighted by Crippen LogP contribution is 2.31. The molecular formula is C22H22ClN3O3S. The molecule has 4 rings (SSSR count). The Labute approximate surface area is 181 Å². The quantitative estimate of drug-likeness (QED) is 0.756. The van der Waals surface area contributed by atoms with Crippen molar-refractivity contribution in [1.29, 1.82) is 0 Å². The van der Waals surface area contributed by atoms with E-state index >= 15 is 0 Å². The van der Waals surface area contributed by atoms with Crippen LogP contribution in [0.1, 0.15) is 42.5 Å². The summed E-state index contributed by atoms with van der Waals surface area (Å²) in [7, 11) is -3.74. The lowest BCUT2D eigenvalue weighted by molar-refractivity contribution is -0.120. The van der Waals surface area contributed by atoms with E-state index in [4.69, 9.17) is 11.6 Å². The standard InChI is InChI=1S/C22H22ClN3O3S/c1-14-21(16-9-11-17(23)12-10-16)30(28,29)26-22(14)24-13-20(27)25-19-8-4-6-15-5-2-3-7-18(15)19/h2-3,5,7,9-12,19H,4,6,8,13H2,1H3,(H,24,26)(H,25,27)/t19-/m1/s1. The minimum atomic E-state index is -3.74. The summed E-state index contributed by atoms with van der Waals surface area (Å²) in [6.07, 6.45) is 2.91. The van der Waals surface area contributed by atoms with Gasteiger partial charge >= 0.3 is 0 Å². The molecule has 8 heteroatoms. The third kappa shape index (κ3) is 4.13. The van der Waals surface area contributed by atoms with Crippen molar-refractivity contribution >= 4 is 38.3 Å². The molecule has 1 heterocycles. The van der Waals surface area contributed by atoms with E-state index in [0.29, 0.717) is 16.2 Å². The van der Waals surface area contributed by atoms with E-state index in [1.54, 1.807) is 31.2 Å². The smallest absolute Gasteiger partial charge is 0.264 e. The van der Waals surface area contributed by atoms with Crippen LogP contribution in [0.4, 0.5) is 0 Å². The number of nitrogens with one attached hydrogen (secondary N) is 2. The highest BCUT2D eigenvalue weighted by Gasteiger charge is 2.32. The molecule has 1 amide bonds. The molecule has 30 heavy (non-hydrogen) atoms. The van der Waals surface area contributed by atoms with E-state index in [1.165, 1.54) is 5.56 Å². The lowest BCUT2D eigenvalue weighted by atomic mass is 9.88. The fourth-order valence-corrected chi connectivity index (χ4v) is 5.63. The summed E-state index contributed by atoms with van der Waals surface area (Å²) in [5.74, 6) is -0.0460. The van der Waals surface area contributed by atoms with Gasteiger partial charge in [0.25, 0.3) is 10.0 Å². The second-order valence-corrected chi connectivity index (χ2v) is 9.50. The van der Waals surface area contributed by atoms with Gasteiger partial charge in [-0.15, -0.1) is 0 Å². The van der Waals surface area contributed by atoms with Crippen LogP contribution in [-0.4, -0.2) is 26.7 Å². The van der Waals surface area contributed by atoms with Crippen LogP contribution in [0.5, 0.6) is 0 Å². The Bertz CT molecular complexity index is 1150. The average molecular weight is 444 g/mol. The first-order valence-electron chi connectivity index (χ1n) is 9.77. The summed E-state index contributed by atoms with van der Waals surface area (Å²) in [6.45, 7) is 1.53. The minimum Gasteiger partial charge on any atom is -0.348 e. The van der Waals surface area contributed by atoms with Crippen molar-refractivity contribution in [1.82, 2.24) is 10.0 Å². The fourth-order valence-electron chi connectivity index (χ4n) is 3.98. The van der Waals surface area contributed by atoms with Gasteiger partial charge in [-0.1, -0.05) is 48.0 Å². The third-order valence-electron chi connectivity index (χ3n) is 5.39. The molecule has 2 aliphatic rings. The van der Waals surface area contributed by atoms with Crippen molar-refractivity contribution in [2.75, 3.05) is 6.54 Å². The molecule has 2 aromatic carbocycles. The molecule has 0 fully saturated rings. The average Bonchev–Trinajstić information content (AvgIpc) is 2.96. The lowest BCUT2D eigenvalue weighted by Crippen LogP contribution is -2.33. The molecule has 0 aromatic heterocycles. The van der Waals surface area contributed by atoms with Crippen LogP contribution >= 0.6 is 11.6 Å². The number of aryl methyl sites for hydroxylation is 1. The van der Waals surface area contributed by atoms with E-state index in [2.05, 4.69) is 21.1 Å². The number of carbonyl (C=O) groups excluding carboxylic acids is 1. The molecule has 0 spiro atoms. The highest BCUT2D eigenvalue weighted by molar-refractivity contribution is 8.00. The Kier molecular flexibility index (Phi) is 5.66. The lowest BCUT2D eigenvalue weighted by Gasteiger charge is -2.26. The number of rotatable bonds is 4. The van der Waals surface area contributed by atoms with Crippen LogP contribution in [0.3, 0.4) is 0 Å². The zero-order valence-corrected chi connectivity index (χ0v) is 18.1. The van der Waals surface area contributed by atoms with Gasteiger partial charge in [0.2, 0.25) is 5.91 Å². The summed E-state index contributed by atoms with van der Waals surface area (Å²) >= 11 is 5.90. The summed E-state index contributed by atoms with van der Waals surface area (Å²) in [5.41, 5.74) is 3.41. The molecule has 0 radical (unpaired) electrons. The number of fused-ring (bicyclic) bond motifs is 1. The Balaban J connectivity index is 1.50. The summed E-state index contributed by atoms with van der Waals surface area (Å²) in [4.78, 5) is 16.9. The van der Waals surface area contributed by atoms with E-state index in [9.17, 15) is 13.2 Å². The number of halogens is 1. The number of aliphatic imine (C=N–C) groups is 1. The number of hydrogen-bond donors (Lipinski definition) is 2. The molecular weight excluding hydrogens is 422 g/mol. The van der Waals surface area contributed by atoms with E-state index in [0.717, 1.165) is 24.8 Å². The van der Waals surface area contributed by atoms with Crippen LogP contribution < -0.4 is 10.0 Å². The van der Waals surface area contributed by atoms with Crippen LogP contribution in [0.25, 0.3) is 4.91 Å². The van der Waals surface area contributed by atoms with Gasteiger partial charge in [0.1, 0.15) is 17.3 Å². The Morgan fingerprint density at radius 3 is 2.70 bits per heavy atom. The van der Waals surface area contributed by atoms with Crippen molar-refractivity contribution in [2.45, 2.75) is 32.2 Å². The molecule has 1 aliphatic heterocycles. The zero-order chi connectivity index (χ0) is 21.3.